The van der Waals surface area contributed by atoms with E-state index in [1.165, 1.54) is 0 Å². The lowest BCUT2D eigenvalue weighted by Crippen LogP contribution is -2.11. The van der Waals surface area contributed by atoms with Gasteiger partial charge in [0.15, 0.2) is 0 Å². The van der Waals surface area contributed by atoms with Gasteiger partial charge in [-0.25, -0.2) is 0 Å². The standard InChI is InChI=1S/C20H22N4O4/c1-26-15-9-6-13(7-10-15)20-23-19(28-24-20)5-3-4-18(25)22-14-8-11-17(27-2)16(21)12-14/h6-12H,3-5,21H2,1-2H3,(H,22,25). The van der Waals surface area contributed by atoms with E-state index in [1.54, 1.807) is 32.4 Å². The molecule has 0 aliphatic rings. The molecular formula is C20H22N4O4. The lowest BCUT2D eigenvalue weighted by atomic mass is 10.2. The lowest BCUT2D eigenvalue weighted by Gasteiger charge is -2.08. The Morgan fingerprint density at radius 3 is 2.61 bits per heavy atom. The first-order valence-corrected chi connectivity index (χ1v) is 8.79. The smallest absolute Gasteiger partial charge is 0.226 e. The molecule has 0 radical (unpaired) electrons. The van der Waals surface area contributed by atoms with Gasteiger partial charge in [-0.1, -0.05) is 5.16 Å². The number of rotatable bonds is 8. The van der Waals surface area contributed by atoms with E-state index >= 15 is 0 Å². The van der Waals surface area contributed by atoms with Gasteiger partial charge in [-0.2, -0.15) is 4.98 Å². The van der Waals surface area contributed by atoms with Crippen LogP contribution < -0.4 is 20.5 Å². The molecule has 3 rings (SSSR count). The van der Waals surface area contributed by atoms with Crippen molar-refractivity contribution in [2.45, 2.75) is 19.3 Å². The molecule has 0 aliphatic carbocycles. The van der Waals surface area contributed by atoms with Gasteiger partial charge in [-0.05, 0) is 48.9 Å². The molecule has 0 bridgehead atoms. The summed E-state index contributed by atoms with van der Waals surface area (Å²) >= 11 is 0. The first-order chi connectivity index (χ1) is 13.6. The fourth-order valence-electron chi connectivity index (χ4n) is 2.65. The normalized spacial score (nSPS) is 10.5. The summed E-state index contributed by atoms with van der Waals surface area (Å²) in [4.78, 5) is 16.5. The van der Waals surface area contributed by atoms with Crippen LogP contribution in [-0.2, 0) is 11.2 Å². The van der Waals surface area contributed by atoms with Gasteiger partial charge in [-0.3, -0.25) is 4.79 Å². The van der Waals surface area contributed by atoms with Crippen molar-refractivity contribution in [1.29, 1.82) is 0 Å². The van der Waals surface area contributed by atoms with Crippen molar-refractivity contribution in [1.82, 2.24) is 10.1 Å². The maximum atomic E-state index is 12.1. The summed E-state index contributed by atoms with van der Waals surface area (Å²) in [6.45, 7) is 0. The number of hydrogen-bond donors (Lipinski definition) is 2. The van der Waals surface area contributed by atoms with Gasteiger partial charge in [-0.15, -0.1) is 0 Å². The molecule has 8 nitrogen and oxygen atoms in total. The van der Waals surface area contributed by atoms with E-state index in [-0.39, 0.29) is 5.91 Å². The third-order valence-corrected chi connectivity index (χ3v) is 4.12. The summed E-state index contributed by atoms with van der Waals surface area (Å²) in [6, 6.07) is 12.5. The van der Waals surface area contributed by atoms with E-state index in [2.05, 4.69) is 15.5 Å². The number of methoxy groups -OCH3 is 2. The highest BCUT2D eigenvalue weighted by molar-refractivity contribution is 5.91. The number of aromatic nitrogens is 2. The van der Waals surface area contributed by atoms with Gasteiger partial charge >= 0.3 is 0 Å². The molecule has 1 heterocycles. The van der Waals surface area contributed by atoms with Crippen LogP contribution in [0.25, 0.3) is 11.4 Å². The molecule has 2 aromatic carbocycles. The summed E-state index contributed by atoms with van der Waals surface area (Å²) in [5, 5.41) is 6.79. The molecule has 8 heteroatoms. The minimum atomic E-state index is -0.112. The number of anilines is 2. The van der Waals surface area contributed by atoms with Gasteiger partial charge < -0.3 is 25.0 Å². The number of nitrogen functional groups attached to an aromatic ring is 1. The highest BCUT2D eigenvalue weighted by atomic mass is 16.5. The quantitative estimate of drug-likeness (QED) is 0.575. The second kappa shape index (κ2) is 8.90. The summed E-state index contributed by atoms with van der Waals surface area (Å²) in [7, 11) is 3.16. The number of ether oxygens (including phenoxy) is 2. The molecule has 0 spiro atoms. The molecule has 0 aliphatic heterocycles. The predicted octanol–water partition coefficient (Wildman–Crippen LogP) is 3.30. The molecule has 1 aromatic heterocycles. The van der Waals surface area contributed by atoms with Crippen molar-refractivity contribution in [2.75, 3.05) is 25.3 Å². The van der Waals surface area contributed by atoms with Crippen molar-refractivity contribution in [3.63, 3.8) is 0 Å². The second-order valence-electron chi connectivity index (χ2n) is 6.10. The Morgan fingerprint density at radius 1 is 1.14 bits per heavy atom. The number of nitrogens with zero attached hydrogens (tertiary/aromatic N) is 2. The van der Waals surface area contributed by atoms with Gasteiger partial charge in [0.1, 0.15) is 11.5 Å². The number of nitrogens with two attached hydrogens (primary N) is 1. The maximum absolute atomic E-state index is 12.1. The average Bonchev–Trinajstić information content (AvgIpc) is 3.17. The molecule has 3 N–H and O–H groups in total. The molecular weight excluding hydrogens is 360 g/mol. The second-order valence-corrected chi connectivity index (χ2v) is 6.10. The monoisotopic (exact) mass is 382 g/mol. The van der Waals surface area contributed by atoms with Crippen LogP contribution in [0.4, 0.5) is 11.4 Å². The minimum absolute atomic E-state index is 0.112. The van der Waals surface area contributed by atoms with E-state index in [9.17, 15) is 4.79 Å². The molecule has 0 saturated carbocycles. The Morgan fingerprint density at radius 2 is 1.93 bits per heavy atom. The summed E-state index contributed by atoms with van der Waals surface area (Å²) in [6.07, 6.45) is 1.43. The molecule has 146 valence electrons. The molecule has 3 aromatic rings. The largest absolute Gasteiger partial charge is 0.497 e. The zero-order chi connectivity index (χ0) is 19.9. The number of aryl methyl sites for hydroxylation is 1. The Balaban J connectivity index is 1.49. The maximum Gasteiger partial charge on any atom is 0.226 e. The molecule has 0 fully saturated rings. The van der Waals surface area contributed by atoms with Crippen molar-refractivity contribution >= 4 is 17.3 Å². The Bertz CT molecular complexity index is 938. The van der Waals surface area contributed by atoms with Crippen LogP contribution in [0.1, 0.15) is 18.7 Å². The number of amides is 1. The van der Waals surface area contributed by atoms with Gasteiger partial charge in [0.05, 0.1) is 19.9 Å². The van der Waals surface area contributed by atoms with Crippen molar-refractivity contribution in [3.8, 4) is 22.9 Å². The molecule has 0 saturated heterocycles. The Hall–Kier alpha value is -3.55. The summed E-state index contributed by atoms with van der Waals surface area (Å²) in [5.74, 6) is 2.22. The van der Waals surface area contributed by atoms with E-state index in [1.807, 2.05) is 24.3 Å². The average molecular weight is 382 g/mol. The Labute approximate surface area is 162 Å². The van der Waals surface area contributed by atoms with Gasteiger partial charge in [0.2, 0.25) is 17.6 Å². The fraction of sp³-hybridized carbons (Fsp3) is 0.250. The predicted molar refractivity (Wildman–Crippen MR) is 105 cm³/mol. The van der Waals surface area contributed by atoms with E-state index in [0.717, 1.165) is 11.3 Å². The fourth-order valence-corrected chi connectivity index (χ4v) is 2.65. The highest BCUT2D eigenvalue weighted by Crippen LogP contribution is 2.25. The first kappa shape index (κ1) is 19.2. The Kier molecular flexibility index (Phi) is 6.11. The SMILES string of the molecule is COc1ccc(-c2noc(CCCC(=O)Nc3ccc(OC)c(N)c3)n2)cc1. The van der Waals surface area contributed by atoms with Crippen LogP contribution in [0, 0.1) is 0 Å². The van der Waals surface area contributed by atoms with Gasteiger partial charge in [0.25, 0.3) is 0 Å². The number of carbonyl (C=O) groups is 1. The van der Waals surface area contributed by atoms with Crippen LogP contribution >= 0.6 is 0 Å². The van der Waals surface area contributed by atoms with Crippen molar-refractivity contribution in [2.24, 2.45) is 0 Å². The van der Waals surface area contributed by atoms with E-state index in [4.69, 9.17) is 19.7 Å². The molecule has 0 atom stereocenters. The van der Waals surface area contributed by atoms with E-state index in [0.29, 0.717) is 48.1 Å². The number of hydrogen-bond acceptors (Lipinski definition) is 7. The lowest BCUT2D eigenvalue weighted by molar-refractivity contribution is -0.116. The topological polar surface area (TPSA) is 112 Å². The zero-order valence-electron chi connectivity index (χ0n) is 15.8. The van der Waals surface area contributed by atoms with Crippen molar-refractivity contribution < 1.29 is 18.8 Å². The minimum Gasteiger partial charge on any atom is -0.497 e. The summed E-state index contributed by atoms with van der Waals surface area (Å²) in [5.41, 5.74) is 7.78. The van der Waals surface area contributed by atoms with Crippen LogP contribution in [-0.4, -0.2) is 30.3 Å². The first-order valence-electron chi connectivity index (χ1n) is 8.79. The third-order valence-electron chi connectivity index (χ3n) is 4.12. The van der Waals surface area contributed by atoms with Gasteiger partial charge in [0, 0.05) is 24.1 Å². The molecule has 1 amide bonds. The number of carbonyl (C=O) groups excluding carboxylic acids is 1. The van der Waals surface area contributed by atoms with Crippen LogP contribution in [0.3, 0.4) is 0 Å². The van der Waals surface area contributed by atoms with Crippen LogP contribution in [0.2, 0.25) is 0 Å². The van der Waals surface area contributed by atoms with E-state index < -0.39 is 0 Å². The van der Waals surface area contributed by atoms with Crippen LogP contribution in [0.5, 0.6) is 11.5 Å². The summed E-state index contributed by atoms with van der Waals surface area (Å²) < 4.78 is 15.5. The number of benzene rings is 2. The number of nitrogens with one attached hydrogen (secondary N) is 1. The highest BCUT2D eigenvalue weighted by Gasteiger charge is 2.10. The van der Waals surface area contributed by atoms with Crippen LogP contribution in [0.15, 0.2) is 47.0 Å². The molecule has 0 unspecified atom stereocenters. The third kappa shape index (κ3) is 4.79. The zero-order valence-corrected chi connectivity index (χ0v) is 15.8. The van der Waals surface area contributed by atoms with Crippen molar-refractivity contribution in [3.05, 3.63) is 48.4 Å². The molecule has 28 heavy (non-hydrogen) atoms.